The number of ether oxygens (including phenoxy) is 1. The van der Waals surface area contributed by atoms with Gasteiger partial charge in [-0.1, -0.05) is 0 Å². The van der Waals surface area contributed by atoms with Crippen LogP contribution in [0.4, 0.5) is 22.0 Å². The lowest BCUT2D eigenvalue weighted by molar-refractivity contribution is -0.275. The lowest BCUT2D eigenvalue weighted by Gasteiger charge is -2.13. The van der Waals surface area contributed by atoms with E-state index in [4.69, 9.17) is 10.7 Å². The zero-order chi connectivity index (χ0) is 14.1. The van der Waals surface area contributed by atoms with Crippen molar-refractivity contribution in [2.75, 3.05) is 0 Å². The van der Waals surface area contributed by atoms with E-state index in [1.807, 2.05) is 0 Å². The molecule has 0 aromatic heterocycles. The molecule has 0 saturated heterocycles. The molecule has 0 saturated carbocycles. The molecule has 0 unspecified atom stereocenters. The third kappa shape index (κ3) is 3.98. The number of hydrogen-bond acceptors (Lipinski definition) is 3. The molecular weight excluding hydrogens is 307 g/mol. The molecule has 0 aliphatic carbocycles. The van der Waals surface area contributed by atoms with Crippen molar-refractivity contribution in [3.63, 3.8) is 0 Å². The molecule has 1 aromatic rings. The van der Waals surface area contributed by atoms with E-state index in [1.165, 1.54) is 0 Å². The quantitative estimate of drug-likeness (QED) is 0.634. The molecule has 102 valence electrons. The standard InChI is InChI=1S/C8H4ClF5O3S/c9-18(15,16)4-1-2-6(17-8(12,13)14)5(3-4)7(10)11/h1-3,7H. The molecule has 0 aliphatic heterocycles. The van der Waals surface area contributed by atoms with Gasteiger partial charge >= 0.3 is 6.36 Å². The summed E-state index contributed by atoms with van der Waals surface area (Å²) in [6.45, 7) is 0. The maximum absolute atomic E-state index is 12.5. The van der Waals surface area contributed by atoms with Gasteiger partial charge in [0.1, 0.15) is 5.75 Å². The minimum absolute atomic E-state index is 0.327. The molecule has 10 heteroatoms. The van der Waals surface area contributed by atoms with Gasteiger partial charge in [-0.05, 0) is 18.2 Å². The summed E-state index contributed by atoms with van der Waals surface area (Å²) in [7, 11) is 0.568. The summed E-state index contributed by atoms with van der Waals surface area (Å²) in [4.78, 5) is -0.742. The SMILES string of the molecule is O=S(=O)(Cl)c1ccc(OC(F)(F)F)c(C(F)F)c1. The molecule has 0 radical (unpaired) electrons. The summed E-state index contributed by atoms with van der Waals surface area (Å²) in [6.07, 6.45) is -8.51. The monoisotopic (exact) mass is 310 g/mol. The first-order valence-electron chi connectivity index (χ1n) is 4.13. The molecule has 3 nitrogen and oxygen atoms in total. The summed E-state index contributed by atoms with van der Waals surface area (Å²) in [5, 5.41) is 0. The van der Waals surface area contributed by atoms with Gasteiger partial charge in [-0.3, -0.25) is 0 Å². The van der Waals surface area contributed by atoms with Crippen LogP contribution in [-0.4, -0.2) is 14.8 Å². The van der Waals surface area contributed by atoms with E-state index in [1.54, 1.807) is 0 Å². The van der Waals surface area contributed by atoms with Gasteiger partial charge in [0.15, 0.2) is 0 Å². The Morgan fingerprint density at radius 1 is 1.22 bits per heavy atom. The van der Waals surface area contributed by atoms with E-state index < -0.39 is 38.0 Å². The zero-order valence-electron chi connectivity index (χ0n) is 8.21. The molecule has 1 rings (SSSR count). The fraction of sp³-hybridized carbons (Fsp3) is 0.250. The largest absolute Gasteiger partial charge is 0.573 e. The summed E-state index contributed by atoms with van der Waals surface area (Å²) < 4.78 is 85.8. The van der Waals surface area contributed by atoms with Crippen molar-refractivity contribution in [1.29, 1.82) is 0 Å². The van der Waals surface area contributed by atoms with E-state index in [2.05, 4.69) is 4.74 Å². The maximum Gasteiger partial charge on any atom is 0.573 e. The number of rotatable bonds is 3. The van der Waals surface area contributed by atoms with Crippen LogP contribution in [0, 0.1) is 0 Å². The first-order valence-corrected chi connectivity index (χ1v) is 6.44. The van der Waals surface area contributed by atoms with Crippen LogP contribution in [0.15, 0.2) is 23.1 Å². The summed E-state index contributed by atoms with van der Waals surface area (Å²) in [6, 6.07) is 1.42. The highest BCUT2D eigenvalue weighted by atomic mass is 35.7. The molecule has 0 fully saturated rings. The number of alkyl halides is 5. The Morgan fingerprint density at radius 2 is 1.78 bits per heavy atom. The average Bonchev–Trinajstić information content (AvgIpc) is 2.13. The van der Waals surface area contributed by atoms with E-state index in [-0.39, 0.29) is 0 Å². The van der Waals surface area contributed by atoms with Crippen LogP contribution in [-0.2, 0) is 9.05 Å². The maximum atomic E-state index is 12.5. The highest BCUT2D eigenvalue weighted by Crippen LogP contribution is 2.35. The Hall–Kier alpha value is -1.09. The molecule has 0 atom stereocenters. The van der Waals surface area contributed by atoms with Gasteiger partial charge < -0.3 is 4.74 Å². The number of halogens is 6. The zero-order valence-corrected chi connectivity index (χ0v) is 9.78. The van der Waals surface area contributed by atoms with Crippen molar-refractivity contribution >= 4 is 19.7 Å². The lowest BCUT2D eigenvalue weighted by Crippen LogP contribution is -2.18. The van der Waals surface area contributed by atoms with E-state index >= 15 is 0 Å². The molecule has 0 bridgehead atoms. The van der Waals surface area contributed by atoms with Crippen LogP contribution in [0.1, 0.15) is 12.0 Å². The molecule has 0 amide bonds. The van der Waals surface area contributed by atoms with Crippen LogP contribution in [0.3, 0.4) is 0 Å². The van der Waals surface area contributed by atoms with Crippen LogP contribution in [0.25, 0.3) is 0 Å². The number of benzene rings is 1. The van der Waals surface area contributed by atoms with Gasteiger partial charge in [0.2, 0.25) is 0 Å². The molecule has 0 heterocycles. The Morgan fingerprint density at radius 3 is 2.17 bits per heavy atom. The first-order chi connectivity index (χ1) is 8.00. The van der Waals surface area contributed by atoms with Gasteiger partial charge in [-0.25, -0.2) is 17.2 Å². The van der Waals surface area contributed by atoms with E-state index in [0.29, 0.717) is 18.2 Å². The van der Waals surface area contributed by atoms with Crippen molar-refractivity contribution in [3.05, 3.63) is 23.8 Å². The molecular formula is C8H4ClF5O3S. The highest BCUT2D eigenvalue weighted by Gasteiger charge is 2.33. The Bertz CT molecular complexity index is 540. The first kappa shape index (κ1) is 15.0. The topological polar surface area (TPSA) is 43.4 Å². The van der Waals surface area contributed by atoms with Gasteiger partial charge in [-0.2, -0.15) is 0 Å². The normalized spacial score (nSPS) is 12.8. The molecule has 1 aromatic carbocycles. The second kappa shape index (κ2) is 4.88. The van der Waals surface area contributed by atoms with Crippen molar-refractivity contribution < 1.29 is 35.1 Å². The second-order valence-electron chi connectivity index (χ2n) is 2.99. The third-order valence-corrected chi connectivity index (χ3v) is 3.08. The fourth-order valence-electron chi connectivity index (χ4n) is 1.07. The second-order valence-corrected chi connectivity index (χ2v) is 5.55. The van der Waals surface area contributed by atoms with Crippen LogP contribution >= 0.6 is 10.7 Å². The van der Waals surface area contributed by atoms with Gasteiger partial charge in [0.25, 0.3) is 15.5 Å². The van der Waals surface area contributed by atoms with Gasteiger partial charge in [0, 0.05) is 10.7 Å². The Kier molecular flexibility index (Phi) is 4.06. The third-order valence-electron chi connectivity index (χ3n) is 1.72. The average molecular weight is 311 g/mol. The Labute approximate surface area is 103 Å². The van der Waals surface area contributed by atoms with E-state index in [9.17, 15) is 30.4 Å². The van der Waals surface area contributed by atoms with Crippen molar-refractivity contribution in [1.82, 2.24) is 0 Å². The summed E-state index contributed by atoms with van der Waals surface area (Å²) in [5.74, 6) is -1.18. The van der Waals surface area contributed by atoms with Crippen LogP contribution in [0.2, 0.25) is 0 Å². The summed E-state index contributed by atoms with van der Waals surface area (Å²) in [5.41, 5.74) is -1.21. The lowest BCUT2D eigenvalue weighted by atomic mass is 10.2. The van der Waals surface area contributed by atoms with Crippen LogP contribution in [0.5, 0.6) is 5.75 Å². The van der Waals surface area contributed by atoms with Gasteiger partial charge in [-0.15, -0.1) is 13.2 Å². The fourth-order valence-corrected chi connectivity index (χ4v) is 1.85. The predicted octanol–water partition coefficient (Wildman–Crippen LogP) is 3.45. The van der Waals surface area contributed by atoms with Crippen molar-refractivity contribution in [2.24, 2.45) is 0 Å². The van der Waals surface area contributed by atoms with Crippen molar-refractivity contribution in [2.45, 2.75) is 17.7 Å². The smallest absolute Gasteiger partial charge is 0.405 e. The molecule has 18 heavy (non-hydrogen) atoms. The minimum atomic E-state index is -5.16. The minimum Gasteiger partial charge on any atom is -0.405 e. The Balaban J connectivity index is 3.30. The predicted molar refractivity (Wildman–Crippen MR) is 51.1 cm³/mol. The molecule has 0 aliphatic rings. The summed E-state index contributed by atoms with van der Waals surface area (Å²) >= 11 is 0. The van der Waals surface area contributed by atoms with E-state index in [0.717, 1.165) is 0 Å². The van der Waals surface area contributed by atoms with Crippen molar-refractivity contribution in [3.8, 4) is 5.75 Å². The van der Waals surface area contributed by atoms with Crippen LogP contribution < -0.4 is 4.74 Å². The molecule has 0 spiro atoms. The van der Waals surface area contributed by atoms with Gasteiger partial charge in [0.05, 0.1) is 10.5 Å². The highest BCUT2D eigenvalue weighted by molar-refractivity contribution is 8.13. The number of hydrogen-bond donors (Lipinski definition) is 0. The molecule has 0 N–H and O–H groups in total.